The van der Waals surface area contributed by atoms with Crippen molar-refractivity contribution in [1.82, 2.24) is 5.32 Å². The third-order valence-electron chi connectivity index (χ3n) is 4.21. The minimum absolute atomic E-state index is 0.205. The predicted molar refractivity (Wildman–Crippen MR) is 80.3 cm³/mol. The van der Waals surface area contributed by atoms with E-state index in [-0.39, 0.29) is 6.10 Å². The number of benzene rings is 1. The standard InChI is InChI=1S/C17H27NO/c1-13(12-14(2)19)18-17-10-8-16(9-11-17)15-6-4-3-5-7-15/h3-7,13-14,16-19H,8-12H2,1-2H3. The molecule has 0 heterocycles. The maximum Gasteiger partial charge on any atom is 0.0526 e. The monoisotopic (exact) mass is 261 g/mol. The van der Waals surface area contributed by atoms with Crippen LogP contribution in [0.25, 0.3) is 0 Å². The Bertz CT molecular complexity index is 355. The molecule has 1 saturated carbocycles. The topological polar surface area (TPSA) is 32.3 Å². The van der Waals surface area contributed by atoms with Gasteiger partial charge in [-0.15, -0.1) is 0 Å². The molecular weight excluding hydrogens is 234 g/mol. The zero-order valence-corrected chi connectivity index (χ0v) is 12.2. The van der Waals surface area contributed by atoms with E-state index in [4.69, 9.17) is 0 Å². The van der Waals surface area contributed by atoms with Crippen LogP contribution in [0.3, 0.4) is 0 Å². The lowest BCUT2D eigenvalue weighted by Gasteiger charge is -2.31. The molecule has 0 saturated heterocycles. The highest BCUT2D eigenvalue weighted by molar-refractivity contribution is 5.20. The van der Waals surface area contributed by atoms with Crippen LogP contribution in [0, 0.1) is 0 Å². The molecule has 0 radical (unpaired) electrons. The lowest BCUT2D eigenvalue weighted by molar-refractivity contribution is 0.164. The molecule has 2 N–H and O–H groups in total. The van der Waals surface area contributed by atoms with E-state index in [1.54, 1.807) is 0 Å². The Hall–Kier alpha value is -0.860. The summed E-state index contributed by atoms with van der Waals surface area (Å²) in [7, 11) is 0. The minimum Gasteiger partial charge on any atom is -0.393 e. The van der Waals surface area contributed by atoms with Gasteiger partial charge in [0.1, 0.15) is 0 Å². The van der Waals surface area contributed by atoms with Gasteiger partial charge in [-0.05, 0) is 57.4 Å². The Balaban J connectivity index is 1.76. The van der Waals surface area contributed by atoms with Crippen LogP contribution in [0.4, 0.5) is 0 Å². The van der Waals surface area contributed by atoms with Gasteiger partial charge in [-0.3, -0.25) is 0 Å². The van der Waals surface area contributed by atoms with Gasteiger partial charge < -0.3 is 10.4 Å². The average molecular weight is 261 g/mol. The molecule has 0 spiro atoms. The van der Waals surface area contributed by atoms with Crippen molar-refractivity contribution in [3.8, 4) is 0 Å². The smallest absolute Gasteiger partial charge is 0.0526 e. The van der Waals surface area contributed by atoms with Crippen molar-refractivity contribution in [2.75, 3.05) is 0 Å². The summed E-state index contributed by atoms with van der Waals surface area (Å²) < 4.78 is 0. The number of nitrogens with one attached hydrogen (secondary N) is 1. The summed E-state index contributed by atoms with van der Waals surface area (Å²) in [6.45, 7) is 4.04. The highest BCUT2D eigenvalue weighted by Crippen LogP contribution is 2.32. The molecule has 2 atom stereocenters. The number of hydrogen-bond acceptors (Lipinski definition) is 2. The normalized spacial score (nSPS) is 26.9. The van der Waals surface area contributed by atoms with Crippen LogP contribution in [0.2, 0.25) is 0 Å². The van der Waals surface area contributed by atoms with Crippen molar-refractivity contribution in [3.05, 3.63) is 35.9 Å². The lowest BCUT2D eigenvalue weighted by Crippen LogP contribution is -2.40. The van der Waals surface area contributed by atoms with Gasteiger partial charge in [0.2, 0.25) is 0 Å². The van der Waals surface area contributed by atoms with Crippen LogP contribution < -0.4 is 5.32 Å². The van der Waals surface area contributed by atoms with E-state index in [1.807, 2.05) is 6.92 Å². The first-order valence-electron chi connectivity index (χ1n) is 7.64. The van der Waals surface area contributed by atoms with Crippen molar-refractivity contribution in [3.63, 3.8) is 0 Å². The van der Waals surface area contributed by atoms with E-state index in [9.17, 15) is 5.11 Å². The zero-order valence-electron chi connectivity index (χ0n) is 12.2. The predicted octanol–water partition coefficient (Wildman–Crippen LogP) is 3.46. The molecule has 1 fully saturated rings. The van der Waals surface area contributed by atoms with Gasteiger partial charge in [-0.1, -0.05) is 30.3 Å². The quantitative estimate of drug-likeness (QED) is 0.850. The Kier molecular flexibility index (Phi) is 5.41. The van der Waals surface area contributed by atoms with E-state index >= 15 is 0 Å². The first-order chi connectivity index (χ1) is 9.15. The summed E-state index contributed by atoms with van der Waals surface area (Å²) in [6, 6.07) is 11.9. The second kappa shape index (κ2) is 7.06. The third-order valence-corrected chi connectivity index (χ3v) is 4.21. The largest absolute Gasteiger partial charge is 0.393 e. The van der Waals surface area contributed by atoms with Crippen LogP contribution in [-0.4, -0.2) is 23.3 Å². The number of rotatable bonds is 5. The number of hydrogen-bond donors (Lipinski definition) is 2. The van der Waals surface area contributed by atoms with Crippen LogP contribution in [0.15, 0.2) is 30.3 Å². The van der Waals surface area contributed by atoms with Crippen LogP contribution in [-0.2, 0) is 0 Å². The summed E-state index contributed by atoms with van der Waals surface area (Å²) >= 11 is 0. The molecule has 1 aromatic carbocycles. The van der Waals surface area contributed by atoms with Gasteiger partial charge in [0, 0.05) is 12.1 Å². The molecule has 0 aliphatic heterocycles. The van der Waals surface area contributed by atoms with Crippen LogP contribution in [0.5, 0.6) is 0 Å². The summed E-state index contributed by atoms with van der Waals surface area (Å²) in [5, 5.41) is 13.1. The Morgan fingerprint density at radius 1 is 1.11 bits per heavy atom. The first kappa shape index (κ1) is 14.5. The maximum atomic E-state index is 9.40. The summed E-state index contributed by atoms with van der Waals surface area (Å²) in [4.78, 5) is 0. The number of aliphatic hydroxyl groups excluding tert-OH is 1. The summed E-state index contributed by atoms with van der Waals surface area (Å²) in [6.07, 6.45) is 5.71. The highest BCUT2D eigenvalue weighted by Gasteiger charge is 2.23. The van der Waals surface area contributed by atoms with Gasteiger partial charge in [0.25, 0.3) is 0 Å². The van der Waals surface area contributed by atoms with Gasteiger partial charge in [-0.25, -0.2) is 0 Å². The minimum atomic E-state index is -0.205. The number of aliphatic hydroxyl groups is 1. The van der Waals surface area contributed by atoms with E-state index in [1.165, 1.54) is 31.2 Å². The van der Waals surface area contributed by atoms with Crippen LogP contribution in [0.1, 0.15) is 57.4 Å². The van der Waals surface area contributed by atoms with Crippen molar-refractivity contribution in [2.45, 2.75) is 70.1 Å². The van der Waals surface area contributed by atoms with Crippen molar-refractivity contribution in [1.29, 1.82) is 0 Å². The molecular formula is C17H27NO. The zero-order chi connectivity index (χ0) is 13.7. The molecule has 2 heteroatoms. The fourth-order valence-corrected chi connectivity index (χ4v) is 3.30. The van der Waals surface area contributed by atoms with Crippen molar-refractivity contribution in [2.24, 2.45) is 0 Å². The molecule has 2 unspecified atom stereocenters. The fraction of sp³-hybridized carbons (Fsp3) is 0.647. The second-order valence-corrected chi connectivity index (χ2v) is 6.11. The molecule has 2 rings (SSSR count). The lowest BCUT2D eigenvalue weighted by atomic mass is 9.81. The van der Waals surface area contributed by atoms with Crippen molar-refractivity contribution >= 4 is 0 Å². The summed E-state index contributed by atoms with van der Waals surface area (Å²) in [5.74, 6) is 0.742. The van der Waals surface area contributed by atoms with E-state index in [0.29, 0.717) is 12.1 Å². The Labute approximate surface area is 117 Å². The molecule has 0 bridgehead atoms. The van der Waals surface area contributed by atoms with Gasteiger partial charge in [0.15, 0.2) is 0 Å². The first-order valence-corrected chi connectivity index (χ1v) is 7.64. The van der Waals surface area contributed by atoms with Gasteiger partial charge in [0.05, 0.1) is 6.10 Å². The molecule has 2 nitrogen and oxygen atoms in total. The average Bonchev–Trinajstić information content (AvgIpc) is 2.39. The van der Waals surface area contributed by atoms with Gasteiger partial charge in [-0.2, -0.15) is 0 Å². The van der Waals surface area contributed by atoms with E-state index in [2.05, 4.69) is 42.6 Å². The SMILES string of the molecule is CC(O)CC(C)NC1CCC(c2ccccc2)CC1. The molecule has 1 aromatic rings. The second-order valence-electron chi connectivity index (χ2n) is 6.11. The highest BCUT2D eigenvalue weighted by atomic mass is 16.3. The van der Waals surface area contributed by atoms with Crippen molar-refractivity contribution < 1.29 is 5.11 Å². The van der Waals surface area contributed by atoms with E-state index < -0.39 is 0 Å². The Morgan fingerprint density at radius 3 is 2.32 bits per heavy atom. The Morgan fingerprint density at radius 2 is 1.74 bits per heavy atom. The molecule has 0 amide bonds. The molecule has 106 valence electrons. The summed E-state index contributed by atoms with van der Waals surface area (Å²) in [5.41, 5.74) is 1.50. The molecule has 0 aromatic heterocycles. The maximum absolute atomic E-state index is 9.40. The fourth-order valence-electron chi connectivity index (χ4n) is 3.30. The van der Waals surface area contributed by atoms with Gasteiger partial charge >= 0.3 is 0 Å². The van der Waals surface area contributed by atoms with Crippen LogP contribution >= 0.6 is 0 Å². The third kappa shape index (κ3) is 4.63. The molecule has 1 aliphatic carbocycles. The molecule has 19 heavy (non-hydrogen) atoms. The molecule has 1 aliphatic rings. The van der Waals surface area contributed by atoms with E-state index in [0.717, 1.165) is 12.3 Å².